The third-order valence-corrected chi connectivity index (χ3v) is 2.92. The molecule has 0 unspecified atom stereocenters. The third-order valence-electron chi connectivity index (χ3n) is 2.92. The predicted octanol–water partition coefficient (Wildman–Crippen LogP) is 4.94. The summed E-state index contributed by atoms with van der Waals surface area (Å²) in [5.41, 5.74) is 0. The van der Waals surface area contributed by atoms with E-state index in [1.807, 2.05) is 0 Å². The van der Waals surface area contributed by atoms with Crippen LogP contribution in [0.2, 0.25) is 0 Å². The van der Waals surface area contributed by atoms with Crippen molar-refractivity contribution < 1.29 is 15.0 Å². The molecule has 0 saturated carbocycles. The number of rotatable bonds is 12. The van der Waals surface area contributed by atoms with Crippen LogP contribution in [-0.4, -0.2) is 22.8 Å². The molecule has 0 spiro atoms. The Hall–Kier alpha value is -0.830. The summed E-state index contributed by atoms with van der Waals surface area (Å²) in [6, 6.07) is 0. The summed E-state index contributed by atoms with van der Waals surface area (Å²) in [6.07, 6.45) is 18.8. The van der Waals surface area contributed by atoms with Crippen molar-refractivity contribution in [1.82, 2.24) is 0 Å². The number of aliphatic hydroxyl groups is 1. The van der Waals surface area contributed by atoms with Gasteiger partial charge in [-0.2, -0.15) is 0 Å². The second-order valence-corrected chi connectivity index (χ2v) is 5.12. The lowest BCUT2D eigenvalue weighted by molar-refractivity contribution is -0.134. The molecule has 0 aromatic rings. The van der Waals surface area contributed by atoms with E-state index < -0.39 is 5.97 Å². The molecule has 2 N–H and O–H groups in total. The normalized spacial score (nSPS) is 10.3. The van der Waals surface area contributed by atoms with Gasteiger partial charge in [-0.1, -0.05) is 57.6 Å². The average molecular weight is 286 g/mol. The lowest BCUT2D eigenvalue weighted by Gasteiger charge is -1.97. The first kappa shape index (κ1) is 21.5. The second-order valence-electron chi connectivity index (χ2n) is 5.12. The molecular formula is C17H34O3. The zero-order valence-electron chi connectivity index (χ0n) is 13.4. The highest BCUT2D eigenvalue weighted by Gasteiger charge is 1.88. The first-order valence-corrected chi connectivity index (χ1v) is 8.10. The maximum Gasteiger partial charge on any atom is 0.300 e. The van der Waals surface area contributed by atoms with Crippen molar-refractivity contribution in [2.45, 2.75) is 84.5 Å². The molecule has 0 fully saturated rings. The van der Waals surface area contributed by atoms with E-state index in [1.165, 1.54) is 64.2 Å². The van der Waals surface area contributed by atoms with Gasteiger partial charge >= 0.3 is 0 Å². The third kappa shape index (κ3) is 30.3. The number of carbonyl (C=O) groups is 1. The minimum absolute atomic E-state index is 0.355. The summed E-state index contributed by atoms with van der Waals surface area (Å²) < 4.78 is 0. The molecule has 0 bridgehead atoms. The fraction of sp³-hybridized carbons (Fsp3) is 0.824. The molecule has 20 heavy (non-hydrogen) atoms. The SMILES string of the molecule is CC(=O)O.CCCCCCCC=CCCCCCCO. The number of hydrogen-bond acceptors (Lipinski definition) is 2. The number of allylic oxidation sites excluding steroid dienone is 2. The zero-order chi connectivity index (χ0) is 15.5. The molecule has 0 amide bonds. The van der Waals surface area contributed by atoms with E-state index in [0.29, 0.717) is 6.61 Å². The van der Waals surface area contributed by atoms with Crippen LogP contribution >= 0.6 is 0 Å². The quantitative estimate of drug-likeness (QED) is 0.395. The molecule has 0 saturated heterocycles. The monoisotopic (exact) mass is 286 g/mol. The second kappa shape index (κ2) is 20.5. The molecule has 0 rings (SSSR count). The summed E-state index contributed by atoms with van der Waals surface area (Å²) in [5, 5.41) is 16.0. The largest absolute Gasteiger partial charge is 0.481 e. The molecule has 0 heterocycles. The van der Waals surface area contributed by atoms with E-state index in [0.717, 1.165) is 13.3 Å². The first-order chi connectivity index (χ1) is 9.65. The van der Waals surface area contributed by atoms with Crippen LogP contribution in [0.25, 0.3) is 0 Å². The van der Waals surface area contributed by atoms with Gasteiger partial charge in [-0.15, -0.1) is 0 Å². The van der Waals surface area contributed by atoms with Crippen LogP contribution in [0.15, 0.2) is 12.2 Å². The number of carboxylic acid groups (broad SMARTS) is 1. The summed E-state index contributed by atoms with van der Waals surface area (Å²) in [7, 11) is 0. The van der Waals surface area contributed by atoms with Crippen LogP contribution in [0.3, 0.4) is 0 Å². The molecule has 120 valence electrons. The topological polar surface area (TPSA) is 57.5 Å². The smallest absolute Gasteiger partial charge is 0.300 e. The average Bonchev–Trinajstić information content (AvgIpc) is 2.39. The highest BCUT2D eigenvalue weighted by Crippen LogP contribution is 2.07. The van der Waals surface area contributed by atoms with Crippen molar-refractivity contribution in [3.05, 3.63) is 12.2 Å². The molecular weight excluding hydrogens is 252 g/mol. The minimum Gasteiger partial charge on any atom is -0.481 e. The fourth-order valence-electron chi connectivity index (χ4n) is 1.83. The lowest BCUT2D eigenvalue weighted by atomic mass is 10.1. The molecule has 0 atom stereocenters. The number of aliphatic carboxylic acids is 1. The van der Waals surface area contributed by atoms with Crippen LogP contribution in [0.1, 0.15) is 84.5 Å². The Morgan fingerprint density at radius 3 is 1.65 bits per heavy atom. The highest BCUT2D eigenvalue weighted by molar-refractivity contribution is 5.62. The lowest BCUT2D eigenvalue weighted by Crippen LogP contribution is -1.82. The molecule has 3 nitrogen and oxygen atoms in total. The molecule has 0 radical (unpaired) electrons. The van der Waals surface area contributed by atoms with E-state index in [4.69, 9.17) is 15.0 Å². The predicted molar refractivity (Wildman–Crippen MR) is 86.0 cm³/mol. The van der Waals surface area contributed by atoms with Crippen LogP contribution in [-0.2, 0) is 4.79 Å². The van der Waals surface area contributed by atoms with Gasteiger partial charge in [0, 0.05) is 13.5 Å². The Balaban J connectivity index is 0. The van der Waals surface area contributed by atoms with Gasteiger partial charge in [-0.25, -0.2) is 0 Å². The molecule has 0 aromatic carbocycles. The van der Waals surface area contributed by atoms with E-state index in [9.17, 15) is 0 Å². The van der Waals surface area contributed by atoms with Crippen LogP contribution in [0.4, 0.5) is 0 Å². The molecule has 0 aliphatic rings. The standard InChI is InChI=1S/C15H30O.C2H4O2/c1-2-3-4-5-6-7-8-9-10-11-12-13-14-15-16;1-2(3)4/h8-9,16H,2-7,10-15H2,1H3;1H3,(H,3,4). The highest BCUT2D eigenvalue weighted by atomic mass is 16.4. The molecule has 0 aliphatic heterocycles. The van der Waals surface area contributed by atoms with Gasteiger partial charge in [0.1, 0.15) is 0 Å². The van der Waals surface area contributed by atoms with Gasteiger partial charge < -0.3 is 10.2 Å². The van der Waals surface area contributed by atoms with E-state index in [1.54, 1.807) is 0 Å². The van der Waals surface area contributed by atoms with Crippen molar-refractivity contribution in [2.75, 3.05) is 6.61 Å². The van der Waals surface area contributed by atoms with Crippen LogP contribution in [0.5, 0.6) is 0 Å². The summed E-state index contributed by atoms with van der Waals surface area (Å²) in [4.78, 5) is 9.00. The van der Waals surface area contributed by atoms with Crippen molar-refractivity contribution in [1.29, 1.82) is 0 Å². The Bertz CT molecular complexity index is 192. The Morgan fingerprint density at radius 2 is 1.25 bits per heavy atom. The van der Waals surface area contributed by atoms with E-state index >= 15 is 0 Å². The maximum absolute atomic E-state index is 9.00. The van der Waals surface area contributed by atoms with Gasteiger partial charge in [0.05, 0.1) is 0 Å². The Kier molecular flexibility index (Phi) is 22.0. The first-order valence-electron chi connectivity index (χ1n) is 8.10. The van der Waals surface area contributed by atoms with Crippen molar-refractivity contribution in [3.8, 4) is 0 Å². The van der Waals surface area contributed by atoms with Gasteiger partial charge in [0.25, 0.3) is 5.97 Å². The fourth-order valence-corrected chi connectivity index (χ4v) is 1.83. The number of carboxylic acids is 1. The minimum atomic E-state index is -0.833. The Labute approximate surface area is 125 Å². The number of hydrogen-bond donors (Lipinski definition) is 2. The number of aliphatic hydroxyl groups excluding tert-OH is 1. The van der Waals surface area contributed by atoms with Gasteiger partial charge in [-0.3, -0.25) is 4.79 Å². The molecule has 3 heteroatoms. The van der Waals surface area contributed by atoms with Crippen molar-refractivity contribution >= 4 is 5.97 Å². The zero-order valence-corrected chi connectivity index (χ0v) is 13.4. The summed E-state index contributed by atoms with van der Waals surface area (Å²) >= 11 is 0. The van der Waals surface area contributed by atoms with E-state index in [2.05, 4.69) is 19.1 Å². The summed E-state index contributed by atoms with van der Waals surface area (Å²) in [6.45, 7) is 3.70. The molecule has 0 aromatic heterocycles. The van der Waals surface area contributed by atoms with E-state index in [-0.39, 0.29) is 0 Å². The summed E-state index contributed by atoms with van der Waals surface area (Å²) in [5.74, 6) is -0.833. The molecule has 0 aliphatic carbocycles. The number of unbranched alkanes of at least 4 members (excludes halogenated alkanes) is 9. The van der Waals surface area contributed by atoms with Crippen LogP contribution in [0, 0.1) is 0 Å². The van der Waals surface area contributed by atoms with Crippen molar-refractivity contribution in [3.63, 3.8) is 0 Å². The van der Waals surface area contributed by atoms with Gasteiger partial charge in [0.15, 0.2) is 0 Å². The van der Waals surface area contributed by atoms with Gasteiger partial charge in [0.2, 0.25) is 0 Å². The van der Waals surface area contributed by atoms with Gasteiger partial charge in [-0.05, 0) is 32.1 Å². The van der Waals surface area contributed by atoms with Crippen molar-refractivity contribution in [2.24, 2.45) is 0 Å². The maximum atomic E-state index is 9.00. The van der Waals surface area contributed by atoms with Crippen LogP contribution < -0.4 is 0 Å². The Morgan fingerprint density at radius 1 is 0.850 bits per heavy atom.